The number of amides is 3. The molecule has 6 atom stereocenters. The lowest BCUT2D eigenvalue weighted by Crippen LogP contribution is -2.40. The number of carbonyl (C=O) groups is 4. The summed E-state index contributed by atoms with van der Waals surface area (Å²) in [5, 5.41) is 2.77. The number of ether oxygens (including phenoxy) is 1. The predicted molar refractivity (Wildman–Crippen MR) is 116 cm³/mol. The molecule has 0 spiro atoms. The number of rotatable bonds is 7. The molecule has 1 aliphatic heterocycles. The highest BCUT2D eigenvalue weighted by atomic mass is 16.5. The van der Waals surface area contributed by atoms with Crippen LogP contribution in [0.5, 0.6) is 0 Å². The Bertz CT molecular complexity index is 962. The summed E-state index contributed by atoms with van der Waals surface area (Å²) < 4.78 is 5.19. The van der Waals surface area contributed by atoms with Crippen LogP contribution >= 0.6 is 0 Å². The van der Waals surface area contributed by atoms with E-state index < -0.39 is 5.97 Å². The molecule has 4 aliphatic carbocycles. The monoisotopic (exact) mass is 436 g/mol. The molecule has 1 saturated heterocycles. The number of allylic oxidation sites excluding steroid dienone is 2. The Hall–Kier alpha value is -2.96. The first-order valence-electron chi connectivity index (χ1n) is 11.5. The largest absolute Gasteiger partial charge is 0.462 e. The van der Waals surface area contributed by atoms with E-state index in [4.69, 9.17) is 4.74 Å². The van der Waals surface area contributed by atoms with Crippen LogP contribution in [0.2, 0.25) is 0 Å². The lowest BCUT2D eigenvalue weighted by molar-refractivity contribution is -0.140. The van der Waals surface area contributed by atoms with E-state index >= 15 is 0 Å². The van der Waals surface area contributed by atoms with E-state index in [0.717, 1.165) is 6.42 Å². The maximum atomic E-state index is 13.0. The summed E-state index contributed by atoms with van der Waals surface area (Å²) in [6, 6.07) is 6.48. The minimum absolute atomic E-state index is 0.0463. The van der Waals surface area contributed by atoms with E-state index in [0.29, 0.717) is 29.7 Å². The highest BCUT2D eigenvalue weighted by molar-refractivity contribution is 6.06. The van der Waals surface area contributed by atoms with E-state index in [2.05, 4.69) is 17.5 Å². The van der Waals surface area contributed by atoms with E-state index in [1.165, 1.54) is 4.90 Å². The maximum Gasteiger partial charge on any atom is 0.338 e. The van der Waals surface area contributed by atoms with Crippen molar-refractivity contribution in [3.05, 3.63) is 42.0 Å². The smallest absolute Gasteiger partial charge is 0.338 e. The molecule has 2 saturated carbocycles. The Morgan fingerprint density at radius 2 is 1.62 bits per heavy atom. The van der Waals surface area contributed by atoms with Crippen molar-refractivity contribution < 1.29 is 23.9 Å². The lowest BCUT2D eigenvalue weighted by Gasteiger charge is -2.37. The van der Waals surface area contributed by atoms with Crippen molar-refractivity contribution in [3.63, 3.8) is 0 Å². The van der Waals surface area contributed by atoms with E-state index in [9.17, 15) is 19.2 Å². The first-order chi connectivity index (χ1) is 15.3. The summed E-state index contributed by atoms with van der Waals surface area (Å²) in [6.45, 7) is 4.39. The molecule has 32 heavy (non-hydrogen) atoms. The second-order valence-electron chi connectivity index (χ2n) is 9.85. The topological polar surface area (TPSA) is 92.8 Å². The summed E-state index contributed by atoms with van der Waals surface area (Å²) in [4.78, 5) is 51.7. The van der Waals surface area contributed by atoms with Crippen molar-refractivity contribution in [3.8, 4) is 0 Å². The standard InChI is InChI=1S/C25H28N2O5/c1-13(2)12-32-25(31)14-3-5-15(6-4-14)26-20(28)9-10-27-23(29)21-16-7-8-17(19-11-18(16)19)22(21)24(27)30/h3-8,13,16-19,21-22H,9-12H2,1-2H3,(H,26,28). The predicted octanol–water partition coefficient (Wildman–Crippen LogP) is 2.88. The summed E-state index contributed by atoms with van der Waals surface area (Å²) in [7, 11) is 0. The average molecular weight is 437 g/mol. The number of nitrogens with zero attached hydrogens (tertiary/aromatic N) is 1. The first kappa shape index (κ1) is 20.9. The van der Waals surface area contributed by atoms with Crippen LogP contribution in [0.3, 0.4) is 0 Å². The zero-order valence-corrected chi connectivity index (χ0v) is 18.3. The molecular weight excluding hydrogens is 408 g/mol. The molecule has 0 radical (unpaired) electrons. The van der Waals surface area contributed by atoms with Gasteiger partial charge in [0.2, 0.25) is 17.7 Å². The fraction of sp³-hybridized carbons (Fsp3) is 0.520. The van der Waals surface area contributed by atoms with Crippen LogP contribution in [0.1, 0.15) is 37.0 Å². The van der Waals surface area contributed by atoms with Crippen LogP contribution in [0.15, 0.2) is 36.4 Å². The molecule has 7 nitrogen and oxygen atoms in total. The molecule has 168 valence electrons. The molecule has 1 N–H and O–H groups in total. The summed E-state index contributed by atoms with van der Waals surface area (Å²) in [6.07, 6.45) is 5.46. The zero-order chi connectivity index (χ0) is 22.6. The third-order valence-electron chi connectivity index (χ3n) is 7.27. The van der Waals surface area contributed by atoms with Gasteiger partial charge < -0.3 is 10.1 Å². The van der Waals surface area contributed by atoms with Crippen molar-refractivity contribution in [2.75, 3.05) is 18.5 Å². The summed E-state index contributed by atoms with van der Waals surface area (Å²) in [5.41, 5.74) is 0.964. The van der Waals surface area contributed by atoms with Gasteiger partial charge in [-0.15, -0.1) is 0 Å². The van der Waals surface area contributed by atoms with Crippen molar-refractivity contribution in [2.24, 2.45) is 41.4 Å². The SMILES string of the molecule is CC(C)COC(=O)c1ccc(NC(=O)CCN2C(=O)C3C4C=CC(C5CC45)C3C2=O)cc1. The number of likely N-dealkylation sites (tertiary alicyclic amines) is 1. The molecule has 1 aromatic rings. The third kappa shape index (κ3) is 3.53. The molecule has 7 heteroatoms. The van der Waals surface area contributed by atoms with Gasteiger partial charge in [-0.05, 0) is 60.3 Å². The molecule has 3 amide bonds. The van der Waals surface area contributed by atoms with Crippen molar-refractivity contribution >= 4 is 29.4 Å². The van der Waals surface area contributed by atoms with Gasteiger partial charge in [-0.1, -0.05) is 26.0 Å². The lowest BCUT2D eigenvalue weighted by atomic mass is 9.63. The number of carbonyl (C=O) groups excluding carboxylic acids is 4. The Balaban J connectivity index is 1.14. The maximum absolute atomic E-state index is 13.0. The van der Waals surface area contributed by atoms with Crippen LogP contribution in [-0.2, 0) is 19.1 Å². The third-order valence-corrected chi connectivity index (χ3v) is 7.27. The second-order valence-corrected chi connectivity index (χ2v) is 9.85. The second kappa shape index (κ2) is 7.87. The zero-order valence-electron chi connectivity index (χ0n) is 18.3. The van der Waals surface area contributed by atoms with Crippen LogP contribution in [0.25, 0.3) is 0 Å². The average Bonchev–Trinajstić information content (AvgIpc) is 3.56. The first-order valence-corrected chi connectivity index (χ1v) is 11.5. The van der Waals surface area contributed by atoms with Gasteiger partial charge in [0.25, 0.3) is 0 Å². The van der Waals surface area contributed by atoms with Crippen LogP contribution < -0.4 is 5.32 Å². The Morgan fingerprint density at radius 3 is 2.19 bits per heavy atom. The molecule has 0 aromatic heterocycles. The Morgan fingerprint density at radius 1 is 1.03 bits per heavy atom. The van der Waals surface area contributed by atoms with E-state index in [-0.39, 0.29) is 60.3 Å². The summed E-state index contributed by atoms with van der Waals surface area (Å²) >= 11 is 0. The fourth-order valence-electron chi connectivity index (χ4n) is 5.69. The van der Waals surface area contributed by atoms with Gasteiger partial charge >= 0.3 is 5.97 Å². The number of hydrogen-bond donors (Lipinski definition) is 1. The normalized spacial score (nSPS) is 31.5. The number of anilines is 1. The van der Waals surface area contributed by atoms with Crippen LogP contribution in [0, 0.1) is 41.4 Å². The number of nitrogens with one attached hydrogen (secondary N) is 1. The van der Waals surface area contributed by atoms with Crippen molar-refractivity contribution in [1.82, 2.24) is 4.90 Å². The Labute approximate surface area is 187 Å². The van der Waals surface area contributed by atoms with Gasteiger partial charge in [0.1, 0.15) is 0 Å². The van der Waals surface area contributed by atoms with Gasteiger partial charge in [-0.25, -0.2) is 4.79 Å². The number of benzene rings is 1. The number of hydrogen-bond acceptors (Lipinski definition) is 5. The van der Waals surface area contributed by atoms with Gasteiger partial charge in [0.15, 0.2) is 0 Å². The molecule has 1 aromatic carbocycles. The molecule has 1 heterocycles. The highest BCUT2D eigenvalue weighted by Gasteiger charge is 2.66. The van der Waals surface area contributed by atoms with Gasteiger partial charge in [0.05, 0.1) is 24.0 Å². The van der Waals surface area contributed by atoms with E-state index in [1.807, 2.05) is 13.8 Å². The molecule has 6 unspecified atom stereocenters. The fourth-order valence-corrected chi connectivity index (χ4v) is 5.69. The molecule has 6 rings (SSSR count). The molecule has 5 aliphatic rings. The van der Waals surface area contributed by atoms with Crippen LogP contribution in [-0.4, -0.2) is 41.7 Å². The Kier molecular flexibility index (Phi) is 5.14. The number of esters is 1. The van der Waals surface area contributed by atoms with Gasteiger partial charge in [0, 0.05) is 18.7 Å². The minimum Gasteiger partial charge on any atom is -0.462 e. The van der Waals surface area contributed by atoms with Crippen LogP contribution in [0.4, 0.5) is 5.69 Å². The summed E-state index contributed by atoms with van der Waals surface area (Å²) in [5.74, 6) is 0.418. The van der Waals surface area contributed by atoms with E-state index in [1.54, 1.807) is 24.3 Å². The minimum atomic E-state index is -0.398. The molecule has 2 bridgehead atoms. The quantitative estimate of drug-likeness (QED) is 0.403. The highest BCUT2D eigenvalue weighted by Crippen LogP contribution is 2.65. The number of imide groups is 1. The molecule has 3 fully saturated rings. The van der Waals surface area contributed by atoms with Crippen molar-refractivity contribution in [1.29, 1.82) is 0 Å². The molecular formula is C25H28N2O5. The van der Waals surface area contributed by atoms with Gasteiger partial charge in [-0.3, -0.25) is 19.3 Å². The van der Waals surface area contributed by atoms with Gasteiger partial charge in [-0.2, -0.15) is 0 Å². The van der Waals surface area contributed by atoms with Crippen molar-refractivity contribution in [2.45, 2.75) is 26.7 Å².